The molecular formula is C17H20N4O2S. The lowest BCUT2D eigenvalue weighted by molar-refractivity contribution is -0.120. The van der Waals surface area contributed by atoms with E-state index in [-0.39, 0.29) is 23.3 Å². The number of piperidine rings is 1. The van der Waals surface area contributed by atoms with Crippen molar-refractivity contribution in [2.24, 2.45) is 7.05 Å². The van der Waals surface area contributed by atoms with Crippen LogP contribution in [0.2, 0.25) is 0 Å². The summed E-state index contributed by atoms with van der Waals surface area (Å²) in [7, 11) is 1.89. The molecule has 2 aromatic rings. The first kappa shape index (κ1) is 15.4. The van der Waals surface area contributed by atoms with Crippen LogP contribution in [0.3, 0.4) is 0 Å². The third kappa shape index (κ3) is 2.53. The predicted molar refractivity (Wildman–Crippen MR) is 90.9 cm³/mol. The summed E-state index contributed by atoms with van der Waals surface area (Å²) in [5, 5.41) is 9.39. The molecular weight excluding hydrogens is 324 g/mol. The molecule has 1 spiro atoms. The van der Waals surface area contributed by atoms with Crippen molar-refractivity contribution in [1.29, 1.82) is 0 Å². The highest BCUT2D eigenvalue weighted by Crippen LogP contribution is 2.43. The van der Waals surface area contributed by atoms with E-state index in [9.17, 15) is 9.59 Å². The standard InChI is InChI=1S/C17H20N4O2S/c1-20-11-12(10-18-20)13-9-15(22)19-17(13)4-6-21(7-5-17)16(23)14-3-2-8-24-14/h2-3,8,10-11,13H,4-7,9H2,1H3,(H,19,22)/t13-/m1/s1. The summed E-state index contributed by atoms with van der Waals surface area (Å²) in [5.74, 6) is 0.335. The lowest BCUT2D eigenvalue weighted by Crippen LogP contribution is -2.54. The van der Waals surface area contributed by atoms with Crippen molar-refractivity contribution < 1.29 is 9.59 Å². The highest BCUT2D eigenvalue weighted by atomic mass is 32.1. The molecule has 0 unspecified atom stereocenters. The Morgan fingerprint density at radius 3 is 2.83 bits per heavy atom. The van der Waals surface area contributed by atoms with Crippen LogP contribution in [0.5, 0.6) is 0 Å². The molecule has 6 nitrogen and oxygen atoms in total. The van der Waals surface area contributed by atoms with Crippen molar-refractivity contribution >= 4 is 23.2 Å². The molecule has 2 aliphatic heterocycles. The molecule has 126 valence electrons. The van der Waals surface area contributed by atoms with Gasteiger partial charge in [0.25, 0.3) is 5.91 Å². The number of amides is 2. The Balaban J connectivity index is 1.52. The monoisotopic (exact) mass is 344 g/mol. The maximum Gasteiger partial charge on any atom is 0.263 e. The van der Waals surface area contributed by atoms with Crippen LogP contribution in [-0.2, 0) is 11.8 Å². The topological polar surface area (TPSA) is 67.2 Å². The fraction of sp³-hybridized carbons (Fsp3) is 0.471. The maximum atomic E-state index is 12.5. The van der Waals surface area contributed by atoms with Crippen LogP contribution in [0.25, 0.3) is 0 Å². The second-order valence-electron chi connectivity index (χ2n) is 6.68. The zero-order valence-electron chi connectivity index (χ0n) is 13.6. The first-order valence-electron chi connectivity index (χ1n) is 8.20. The van der Waals surface area contributed by atoms with Gasteiger partial charge in [0.15, 0.2) is 0 Å². The van der Waals surface area contributed by atoms with Gasteiger partial charge in [-0.05, 0) is 29.9 Å². The minimum absolute atomic E-state index is 0.0990. The average molecular weight is 344 g/mol. The van der Waals surface area contributed by atoms with Crippen molar-refractivity contribution in [2.75, 3.05) is 13.1 Å². The summed E-state index contributed by atoms with van der Waals surface area (Å²) in [4.78, 5) is 27.3. The lowest BCUT2D eigenvalue weighted by Gasteiger charge is -2.42. The molecule has 7 heteroatoms. The Morgan fingerprint density at radius 2 is 2.21 bits per heavy atom. The van der Waals surface area contributed by atoms with E-state index in [1.54, 1.807) is 4.68 Å². The van der Waals surface area contributed by atoms with Crippen molar-refractivity contribution in [3.05, 3.63) is 40.3 Å². The van der Waals surface area contributed by atoms with Gasteiger partial charge in [0.05, 0.1) is 16.6 Å². The number of carbonyl (C=O) groups is 2. The molecule has 2 aliphatic rings. The zero-order chi connectivity index (χ0) is 16.7. The summed E-state index contributed by atoms with van der Waals surface area (Å²) >= 11 is 1.48. The van der Waals surface area contributed by atoms with Gasteiger partial charge in [-0.2, -0.15) is 5.10 Å². The number of aromatic nitrogens is 2. The normalized spacial score (nSPS) is 22.8. The van der Waals surface area contributed by atoms with Crippen molar-refractivity contribution in [3.63, 3.8) is 0 Å². The number of rotatable bonds is 2. The molecule has 0 aromatic carbocycles. The quantitative estimate of drug-likeness (QED) is 0.903. The molecule has 0 bridgehead atoms. The molecule has 24 heavy (non-hydrogen) atoms. The molecule has 2 aromatic heterocycles. The molecule has 0 saturated carbocycles. The van der Waals surface area contributed by atoms with E-state index in [1.165, 1.54) is 11.3 Å². The summed E-state index contributed by atoms with van der Waals surface area (Å²) < 4.78 is 1.78. The second-order valence-corrected chi connectivity index (χ2v) is 7.63. The number of likely N-dealkylation sites (tertiary alicyclic amines) is 1. The molecule has 2 amide bonds. The molecule has 1 N–H and O–H groups in total. The van der Waals surface area contributed by atoms with Gasteiger partial charge in [-0.3, -0.25) is 14.3 Å². The summed E-state index contributed by atoms with van der Waals surface area (Å²) in [5.41, 5.74) is 0.862. The molecule has 1 atom stereocenters. The Kier molecular flexibility index (Phi) is 3.68. The number of nitrogens with one attached hydrogen (secondary N) is 1. The van der Waals surface area contributed by atoms with E-state index in [0.717, 1.165) is 23.3 Å². The first-order chi connectivity index (χ1) is 11.6. The van der Waals surface area contributed by atoms with Crippen molar-refractivity contribution in [3.8, 4) is 0 Å². The molecule has 2 saturated heterocycles. The van der Waals surface area contributed by atoms with Gasteiger partial charge in [-0.1, -0.05) is 6.07 Å². The molecule has 2 fully saturated rings. The number of nitrogens with zero attached hydrogens (tertiary/aromatic N) is 3. The fourth-order valence-corrected chi connectivity index (χ4v) is 4.68. The third-order valence-electron chi connectivity index (χ3n) is 5.25. The number of hydrogen-bond acceptors (Lipinski definition) is 4. The lowest BCUT2D eigenvalue weighted by atomic mass is 9.75. The largest absolute Gasteiger partial charge is 0.350 e. The van der Waals surface area contributed by atoms with Gasteiger partial charge in [0, 0.05) is 38.7 Å². The van der Waals surface area contributed by atoms with E-state index in [1.807, 2.05) is 41.9 Å². The second kappa shape index (κ2) is 5.73. The first-order valence-corrected chi connectivity index (χ1v) is 9.08. The van der Waals surface area contributed by atoms with Gasteiger partial charge >= 0.3 is 0 Å². The van der Waals surface area contributed by atoms with E-state index in [4.69, 9.17) is 0 Å². The molecule has 0 radical (unpaired) electrons. The van der Waals surface area contributed by atoms with Crippen molar-refractivity contribution in [1.82, 2.24) is 20.0 Å². The van der Waals surface area contributed by atoms with Gasteiger partial charge < -0.3 is 10.2 Å². The Hall–Kier alpha value is -2.15. The summed E-state index contributed by atoms with van der Waals surface area (Å²) in [6.45, 7) is 1.35. The Bertz CT molecular complexity index is 759. The zero-order valence-corrected chi connectivity index (χ0v) is 14.4. The molecule has 4 heterocycles. The fourth-order valence-electron chi connectivity index (χ4n) is 3.99. The SMILES string of the molecule is Cn1cc([C@H]2CC(=O)NC23CCN(C(=O)c2cccs2)CC3)cn1. The van der Waals surface area contributed by atoms with Crippen LogP contribution in [0.1, 0.15) is 40.4 Å². The van der Waals surface area contributed by atoms with E-state index < -0.39 is 0 Å². The number of carbonyl (C=O) groups excluding carboxylic acids is 2. The van der Waals surface area contributed by atoms with Crippen LogP contribution >= 0.6 is 11.3 Å². The highest BCUT2D eigenvalue weighted by Gasteiger charge is 2.49. The van der Waals surface area contributed by atoms with E-state index in [0.29, 0.717) is 19.5 Å². The Labute approximate surface area is 144 Å². The van der Waals surface area contributed by atoms with Gasteiger partial charge in [-0.15, -0.1) is 11.3 Å². The van der Waals surface area contributed by atoms with Crippen LogP contribution in [0.15, 0.2) is 29.9 Å². The molecule has 4 rings (SSSR count). The van der Waals surface area contributed by atoms with Crippen LogP contribution < -0.4 is 5.32 Å². The highest BCUT2D eigenvalue weighted by molar-refractivity contribution is 7.12. The van der Waals surface area contributed by atoms with Crippen LogP contribution in [0.4, 0.5) is 0 Å². The maximum absolute atomic E-state index is 12.5. The minimum Gasteiger partial charge on any atom is -0.350 e. The number of thiophene rings is 1. The van der Waals surface area contributed by atoms with E-state index >= 15 is 0 Å². The Morgan fingerprint density at radius 1 is 1.42 bits per heavy atom. The summed E-state index contributed by atoms with van der Waals surface area (Å²) in [6, 6.07) is 3.77. The van der Waals surface area contributed by atoms with Crippen molar-refractivity contribution in [2.45, 2.75) is 30.7 Å². The van der Waals surface area contributed by atoms with Gasteiger partial charge in [0.1, 0.15) is 0 Å². The predicted octanol–water partition coefficient (Wildman–Crippen LogP) is 1.76. The average Bonchev–Trinajstić information content (AvgIpc) is 3.28. The van der Waals surface area contributed by atoms with Gasteiger partial charge in [-0.25, -0.2) is 0 Å². The summed E-state index contributed by atoms with van der Waals surface area (Å²) in [6.07, 6.45) is 5.93. The third-order valence-corrected chi connectivity index (χ3v) is 6.10. The number of hydrogen-bond donors (Lipinski definition) is 1. The molecule has 0 aliphatic carbocycles. The van der Waals surface area contributed by atoms with Crippen LogP contribution in [-0.4, -0.2) is 45.1 Å². The number of aryl methyl sites for hydroxylation is 1. The van der Waals surface area contributed by atoms with Crippen LogP contribution in [0, 0.1) is 0 Å². The smallest absolute Gasteiger partial charge is 0.263 e. The van der Waals surface area contributed by atoms with Gasteiger partial charge in [0.2, 0.25) is 5.91 Å². The van der Waals surface area contributed by atoms with E-state index in [2.05, 4.69) is 10.4 Å². The minimum atomic E-state index is -0.244.